The molecule has 2 rings (SSSR count). The lowest BCUT2D eigenvalue weighted by Gasteiger charge is -2.04. The van der Waals surface area contributed by atoms with Crippen LogP contribution in [0.5, 0.6) is 5.75 Å². The standard InChI is InChI=1S/C12H9NO3S/c1-17(14,15)16-12-5-4-10-6-9(8-13)2-3-11(10)7-12/h2-7H,1H3. The van der Waals surface area contributed by atoms with E-state index in [0.29, 0.717) is 5.56 Å². The van der Waals surface area contributed by atoms with E-state index < -0.39 is 10.1 Å². The van der Waals surface area contributed by atoms with Gasteiger partial charge in [-0.1, -0.05) is 12.1 Å². The van der Waals surface area contributed by atoms with Crippen molar-refractivity contribution in [2.45, 2.75) is 0 Å². The SMILES string of the molecule is CS(=O)(=O)Oc1ccc2cc(C#N)ccc2c1. The number of benzene rings is 2. The number of nitrogens with zero attached hydrogens (tertiary/aromatic N) is 1. The highest BCUT2D eigenvalue weighted by Crippen LogP contribution is 2.22. The molecule has 5 heteroatoms. The van der Waals surface area contributed by atoms with Gasteiger partial charge in [0.05, 0.1) is 17.9 Å². The summed E-state index contributed by atoms with van der Waals surface area (Å²) in [6.07, 6.45) is 0.996. The summed E-state index contributed by atoms with van der Waals surface area (Å²) in [6.45, 7) is 0. The zero-order valence-electron chi connectivity index (χ0n) is 9.04. The van der Waals surface area contributed by atoms with Crippen LogP contribution in [0.1, 0.15) is 5.56 Å². The summed E-state index contributed by atoms with van der Waals surface area (Å²) in [6, 6.07) is 12.1. The van der Waals surface area contributed by atoms with Crippen LogP contribution < -0.4 is 4.18 Å². The fraction of sp³-hybridized carbons (Fsp3) is 0.0833. The molecule has 0 amide bonds. The molecule has 17 heavy (non-hydrogen) atoms. The summed E-state index contributed by atoms with van der Waals surface area (Å²) >= 11 is 0. The average molecular weight is 247 g/mol. The van der Waals surface area contributed by atoms with Gasteiger partial charge in [0.1, 0.15) is 5.75 Å². The zero-order chi connectivity index (χ0) is 12.5. The number of hydrogen-bond donors (Lipinski definition) is 0. The molecule has 0 saturated heterocycles. The second-order valence-electron chi connectivity index (χ2n) is 3.62. The van der Waals surface area contributed by atoms with Crippen LogP contribution in [0.3, 0.4) is 0 Å². The van der Waals surface area contributed by atoms with Gasteiger partial charge in [-0.05, 0) is 35.0 Å². The highest BCUT2D eigenvalue weighted by molar-refractivity contribution is 7.86. The molecule has 0 aromatic heterocycles. The summed E-state index contributed by atoms with van der Waals surface area (Å²) in [4.78, 5) is 0. The van der Waals surface area contributed by atoms with Crippen LogP contribution in [0.15, 0.2) is 36.4 Å². The maximum absolute atomic E-state index is 11.0. The lowest BCUT2D eigenvalue weighted by atomic mass is 10.1. The summed E-state index contributed by atoms with van der Waals surface area (Å²) in [7, 11) is -3.51. The summed E-state index contributed by atoms with van der Waals surface area (Å²) in [5.41, 5.74) is 0.564. The molecule has 0 heterocycles. The van der Waals surface area contributed by atoms with Gasteiger partial charge < -0.3 is 4.18 Å². The van der Waals surface area contributed by atoms with E-state index in [9.17, 15) is 8.42 Å². The van der Waals surface area contributed by atoms with Gasteiger partial charge in [-0.2, -0.15) is 13.7 Å². The number of fused-ring (bicyclic) bond motifs is 1. The van der Waals surface area contributed by atoms with E-state index in [2.05, 4.69) is 0 Å². The highest BCUT2D eigenvalue weighted by Gasteiger charge is 2.05. The molecule has 86 valence electrons. The second kappa shape index (κ2) is 4.07. The molecule has 2 aromatic carbocycles. The first kappa shape index (κ1) is 11.4. The topological polar surface area (TPSA) is 67.2 Å². The van der Waals surface area contributed by atoms with E-state index in [1.54, 1.807) is 36.4 Å². The Labute approximate surface area is 99.2 Å². The van der Waals surface area contributed by atoms with Crippen molar-refractivity contribution in [1.29, 1.82) is 5.26 Å². The van der Waals surface area contributed by atoms with E-state index in [4.69, 9.17) is 9.44 Å². The molecular formula is C12H9NO3S. The van der Waals surface area contributed by atoms with Crippen molar-refractivity contribution >= 4 is 20.9 Å². The third-order valence-corrected chi connectivity index (χ3v) is 2.68. The predicted octanol–water partition coefficient (Wildman–Crippen LogP) is 2.05. The average Bonchev–Trinajstić information content (AvgIpc) is 2.26. The molecule has 0 N–H and O–H groups in total. The molecule has 0 atom stereocenters. The lowest BCUT2D eigenvalue weighted by molar-refractivity contribution is 0.493. The van der Waals surface area contributed by atoms with Crippen LogP contribution in [0, 0.1) is 11.3 Å². The molecule has 0 aliphatic heterocycles. The first-order chi connectivity index (χ1) is 7.98. The third-order valence-electron chi connectivity index (χ3n) is 2.19. The third kappa shape index (κ3) is 2.74. The van der Waals surface area contributed by atoms with Crippen molar-refractivity contribution in [3.05, 3.63) is 42.0 Å². The first-order valence-electron chi connectivity index (χ1n) is 4.81. The molecule has 0 fully saturated rings. The summed E-state index contributed by atoms with van der Waals surface area (Å²) in [5, 5.41) is 10.4. The van der Waals surface area contributed by atoms with Crippen LogP contribution in [-0.4, -0.2) is 14.7 Å². The Bertz CT molecular complexity index is 714. The van der Waals surface area contributed by atoms with Crippen molar-refractivity contribution in [1.82, 2.24) is 0 Å². The van der Waals surface area contributed by atoms with Crippen LogP contribution in [0.25, 0.3) is 10.8 Å². The Balaban J connectivity index is 2.49. The fourth-order valence-corrected chi connectivity index (χ4v) is 1.97. The smallest absolute Gasteiger partial charge is 0.306 e. The van der Waals surface area contributed by atoms with E-state index >= 15 is 0 Å². The van der Waals surface area contributed by atoms with E-state index in [1.807, 2.05) is 6.07 Å². The Kier molecular flexibility index (Phi) is 2.74. The maximum atomic E-state index is 11.0. The van der Waals surface area contributed by atoms with Gasteiger partial charge in [0, 0.05) is 0 Å². The van der Waals surface area contributed by atoms with E-state index in [0.717, 1.165) is 17.0 Å². The maximum Gasteiger partial charge on any atom is 0.306 e. The molecule has 2 aromatic rings. The molecule has 4 nitrogen and oxygen atoms in total. The van der Waals surface area contributed by atoms with Gasteiger partial charge in [-0.25, -0.2) is 0 Å². The fourth-order valence-electron chi connectivity index (χ4n) is 1.52. The normalized spacial score (nSPS) is 11.1. The second-order valence-corrected chi connectivity index (χ2v) is 5.20. The predicted molar refractivity (Wildman–Crippen MR) is 64.1 cm³/mol. The molecule has 0 saturated carbocycles. The minimum absolute atomic E-state index is 0.268. The molecular weight excluding hydrogens is 238 g/mol. The lowest BCUT2D eigenvalue weighted by Crippen LogP contribution is -2.05. The monoisotopic (exact) mass is 247 g/mol. The molecule has 0 aliphatic rings. The summed E-state index contributed by atoms with van der Waals surface area (Å²) in [5.74, 6) is 0.268. The Morgan fingerprint density at radius 2 is 1.76 bits per heavy atom. The number of hydrogen-bond acceptors (Lipinski definition) is 4. The molecule has 0 unspecified atom stereocenters. The highest BCUT2D eigenvalue weighted by atomic mass is 32.2. The summed E-state index contributed by atoms with van der Waals surface area (Å²) < 4.78 is 26.7. The van der Waals surface area contributed by atoms with Gasteiger partial charge in [0.25, 0.3) is 0 Å². The van der Waals surface area contributed by atoms with Crippen molar-refractivity contribution in [3.63, 3.8) is 0 Å². The van der Waals surface area contributed by atoms with Gasteiger partial charge in [0.15, 0.2) is 0 Å². The minimum Gasteiger partial charge on any atom is -0.383 e. The number of rotatable bonds is 2. The van der Waals surface area contributed by atoms with E-state index in [-0.39, 0.29) is 5.75 Å². The van der Waals surface area contributed by atoms with Crippen LogP contribution in [0.4, 0.5) is 0 Å². The van der Waals surface area contributed by atoms with Gasteiger partial charge in [-0.15, -0.1) is 0 Å². The Hall–Kier alpha value is -2.06. The number of nitriles is 1. The Morgan fingerprint density at radius 3 is 2.41 bits per heavy atom. The largest absolute Gasteiger partial charge is 0.383 e. The van der Waals surface area contributed by atoms with Crippen molar-refractivity contribution in [3.8, 4) is 11.8 Å². The zero-order valence-corrected chi connectivity index (χ0v) is 9.86. The Morgan fingerprint density at radius 1 is 1.12 bits per heavy atom. The van der Waals surface area contributed by atoms with Crippen LogP contribution in [0.2, 0.25) is 0 Å². The van der Waals surface area contributed by atoms with Crippen molar-refractivity contribution in [2.24, 2.45) is 0 Å². The van der Waals surface area contributed by atoms with Crippen LogP contribution in [-0.2, 0) is 10.1 Å². The van der Waals surface area contributed by atoms with Crippen molar-refractivity contribution in [2.75, 3.05) is 6.26 Å². The van der Waals surface area contributed by atoms with E-state index in [1.165, 1.54) is 0 Å². The van der Waals surface area contributed by atoms with Crippen LogP contribution >= 0.6 is 0 Å². The van der Waals surface area contributed by atoms with Gasteiger partial charge in [0.2, 0.25) is 0 Å². The molecule has 0 spiro atoms. The first-order valence-corrected chi connectivity index (χ1v) is 6.63. The molecule has 0 aliphatic carbocycles. The van der Waals surface area contributed by atoms with Gasteiger partial charge in [-0.3, -0.25) is 0 Å². The van der Waals surface area contributed by atoms with Crippen molar-refractivity contribution < 1.29 is 12.6 Å². The minimum atomic E-state index is -3.51. The molecule has 0 bridgehead atoms. The van der Waals surface area contributed by atoms with Gasteiger partial charge >= 0.3 is 10.1 Å². The quantitative estimate of drug-likeness (QED) is 0.762. The molecule has 0 radical (unpaired) electrons.